The van der Waals surface area contributed by atoms with Crippen LogP contribution in [0.4, 0.5) is 11.4 Å². The van der Waals surface area contributed by atoms with Gasteiger partial charge in [0.1, 0.15) is 12.4 Å². The van der Waals surface area contributed by atoms with Crippen molar-refractivity contribution in [2.75, 3.05) is 10.6 Å². The van der Waals surface area contributed by atoms with Crippen molar-refractivity contribution in [1.82, 2.24) is 0 Å². The van der Waals surface area contributed by atoms with Gasteiger partial charge >= 0.3 is 0 Å². The maximum atomic E-state index is 8.39. The first-order valence-corrected chi connectivity index (χ1v) is 9.89. The molecular formula is C26H22ClN3O. The molecule has 0 aliphatic heterocycles. The third kappa shape index (κ3) is 4.39. The summed E-state index contributed by atoms with van der Waals surface area (Å²) in [5.41, 5.74) is 5.26. The van der Waals surface area contributed by atoms with Crippen molar-refractivity contribution in [3.05, 3.63) is 102 Å². The van der Waals surface area contributed by atoms with E-state index in [9.17, 15) is 0 Å². The molecule has 5 rings (SSSR count). The third-order valence-electron chi connectivity index (χ3n) is 5.16. The van der Waals surface area contributed by atoms with Crippen molar-refractivity contribution in [1.29, 1.82) is 5.41 Å². The monoisotopic (exact) mass is 427 g/mol. The predicted molar refractivity (Wildman–Crippen MR) is 132 cm³/mol. The zero-order valence-electron chi connectivity index (χ0n) is 16.8. The van der Waals surface area contributed by atoms with E-state index < -0.39 is 0 Å². The highest BCUT2D eigenvalue weighted by atomic mass is 35.5. The summed E-state index contributed by atoms with van der Waals surface area (Å²) < 4.78 is 5.89. The first-order chi connectivity index (χ1) is 14.8. The lowest BCUT2D eigenvalue weighted by molar-refractivity contribution is 0.306. The van der Waals surface area contributed by atoms with Crippen LogP contribution in [-0.4, -0.2) is 5.96 Å². The van der Waals surface area contributed by atoms with E-state index in [0.717, 1.165) is 28.1 Å². The molecule has 0 saturated heterocycles. The van der Waals surface area contributed by atoms with Crippen LogP contribution in [0, 0.1) is 5.41 Å². The minimum Gasteiger partial charge on any atom is -0.489 e. The van der Waals surface area contributed by atoms with E-state index >= 15 is 0 Å². The molecule has 4 aromatic carbocycles. The number of ether oxygens (including phenoxy) is 1. The Labute approximate surface area is 187 Å². The first-order valence-electron chi connectivity index (χ1n) is 9.89. The molecule has 31 heavy (non-hydrogen) atoms. The quantitative estimate of drug-likeness (QED) is 0.214. The summed E-state index contributed by atoms with van der Waals surface area (Å²) in [7, 11) is 0. The van der Waals surface area contributed by atoms with Gasteiger partial charge in [-0.25, -0.2) is 0 Å². The predicted octanol–water partition coefficient (Wildman–Crippen LogP) is 6.78. The average molecular weight is 428 g/mol. The maximum Gasteiger partial charge on any atom is 0.197 e. The SMILES string of the molecule is Cl.N=C(Nc1cccc(OCc2ccccc2)c1)Nc1ccc2c3c(cccc13)C=C2. The Balaban J connectivity index is 0.00000231. The van der Waals surface area contributed by atoms with Gasteiger partial charge in [-0.15, -0.1) is 12.4 Å². The summed E-state index contributed by atoms with van der Waals surface area (Å²) >= 11 is 0. The molecule has 0 spiro atoms. The summed E-state index contributed by atoms with van der Waals surface area (Å²) in [6, 6.07) is 28.1. The van der Waals surface area contributed by atoms with Crippen LogP contribution >= 0.6 is 12.4 Å². The molecular weight excluding hydrogens is 406 g/mol. The topological polar surface area (TPSA) is 57.1 Å². The van der Waals surface area contributed by atoms with Crippen LogP contribution in [0.1, 0.15) is 16.7 Å². The Bertz CT molecular complexity index is 1260. The first kappa shape index (κ1) is 20.5. The van der Waals surface area contributed by atoms with E-state index in [1.807, 2.05) is 66.7 Å². The molecule has 0 radical (unpaired) electrons. The van der Waals surface area contributed by atoms with Gasteiger partial charge in [-0.3, -0.25) is 5.41 Å². The minimum atomic E-state index is 0. The molecule has 4 nitrogen and oxygen atoms in total. The smallest absolute Gasteiger partial charge is 0.197 e. The van der Waals surface area contributed by atoms with E-state index in [1.165, 1.54) is 16.5 Å². The second-order valence-corrected chi connectivity index (χ2v) is 7.23. The molecule has 0 fully saturated rings. The highest BCUT2D eigenvalue weighted by molar-refractivity contribution is 6.13. The summed E-state index contributed by atoms with van der Waals surface area (Å²) in [6.45, 7) is 0.509. The van der Waals surface area contributed by atoms with E-state index in [4.69, 9.17) is 10.1 Å². The average Bonchev–Trinajstić information content (AvgIpc) is 3.20. The summed E-state index contributed by atoms with van der Waals surface area (Å²) in [4.78, 5) is 0. The summed E-state index contributed by atoms with van der Waals surface area (Å²) in [5, 5.41) is 17.0. The molecule has 5 heteroatoms. The van der Waals surface area contributed by atoms with Gasteiger partial charge in [0.15, 0.2) is 5.96 Å². The highest BCUT2D eigenvalue weighted by Gasteiger charge is 2.12. The molecule has 0 heterocycles. The molecule has 1 aliphatic carbocycles. The number of anilines is 2. The van der Waals surface area contributed by atoms with E-state index in [2.05, 4.69) is 41.0 Å². The Morgan fingerprint density at radius 2 is 1.55 bits per heavy atom. The van der Waals surface area contributed by atoms with Crippen molar-refractivity contribution in [3.8, 4) is 5.75 Å². The number of benzene rings is 4. The summed E-state index contributed by atoms with van der Waals surface area (Å²) in [5.74, 6) is 0.968. The fraction of sp³-hybridized carbons (Fsp3) is 0.0385. The Kier molecular flexibility index (Phi) is 5.92. The second kappa shape index (κ2) is 8.94. The van der Waals surface area contributed by atoms with Crippen molar-refractivity contribution in [2.24, 2.45) is 0 Å². The number of hydrogen-bond acceptors (Lipinski definition) is 2. The zero-order valence-corrected chi connectivity index (χ0v) is 17.6. The van der Waals surface area contributed by atoms with Gasteiger partial charge in [0, 0.05) is 22.8 Å². The lowest BCUT2D eigenvalue weighted by atomic mass is 10.0. The molecule has 0 amide bonds. The van der Waals surface area contributed by atoms with E-state index in [-0.39, 0.29) is 18.4 Å². The number of rotatable bonds is 5. The molecule has 0 aromatic heterocycles. The fourth-order valence-corrected chi connectivity index (χ4v) is 3.74. The Morgan fingerprint density at radius 1 is 0.774 bits per heavy atom. The van der Waals surface area contributed by atoms with Gasteiger partial charge in [0.2, 0.25) is 0 Å². The van der Waals surface area contributed by atoms with Gasteiger partial charge in [-0.2, -0.15) is 0 Å². The van der Waals surface area contributed by atoms with Crippen molar-refractivity contribution < 1.29 is 4.74 Å². The minimum absolute atomic E-state index is 0. The lowest BCUT2D eigenvalue weighted by Gasteiger charge is -2.14. The Hall–Kier alpha value is -3.76. The Morgan fingerprint density at radius 3 is 2.39 bits per heavy atom. The van der Waals surface area contributed by atoms with Crippen LogP contribution in [0.5, 0.6) is 5.75 Å². The van der Waals surface area contributed by atoms with Crippen molar-refractivity contribution >= 4 is 52.7 Å². The van der Waals surface area contributed by atoms with Gasteiger partial charge < -0.3 is 15.4 Å². The van der Waals surface area contributed by atoms with Gasteiger partial charge in [0.05, 0.1) is 0 Å². The molecule has 0 unspecified atom stereocenters. The van der Waals surface area contributed by atoms with Crippen molar-refractivity contribution in [2.45, 2.75) is 6.61 Å². The summed E-state index contributed by atoms with van der Waals surface area (Å²) in [6.07, 6.45) is 4.26. The molecule has 1 aliphatic rings. The van der Waals surface area contributed by atoms with Crippen LogP contribution in [0.25, 0.3) is 22.9 Å². The van der Waals surface area contributed by atoms with Crippen molar-refractivity contribution in [3.63, 3.8) is 0 Å². The van der Waals surface area contributed by atoms with Crippen LogP contribution in [0.3, 0.4) is 0 Å². The van der Waals surface area contributed by atoms with Crippen LogP contribution in [0.15, 0.2) is 84.9 Å². The largest absolute Gasteiger partial charge is 0.489 e. The number of halogens is 1. The van der Waals surface area contributed by atoms with Crippen LogP contribution < -0.4 is 15.4 Å². The van der Waals surface area contributed by atoms with Crippen LogP contribution in [0.2, 0.25) is 0 Å². The second-order valence-electron chi connectivity index (χ2n) is 7.23. The van der Waals surface area contributed by atoms with Gasteiger partial charge in [-0.1, -0.05) is 72.8 Å². The zero-order chi connectivity index (χ0) is 20.3. The van der Waals surface area contributed by atoms with E-state index in [1.54, 1.807) is 0 Å². The molecule has 3 N–H and O–H groups in total. The highest BCUT2D eigenvalue weighted by Crippen LogP contribution is 2.35. The van der Waals surface area contributed by atoms with Gasteiger partial charge in [-0.05, 0) is 40.3 Å². The molecule has 154 valence electrons. The lowest BCUT2D eigenvalue weighted by Crippen LogP contribution is -2.20. The van der Waals surface area contributed by atoms with E-state index in [0.29, 0.717) is 6.61 Å². The van der Waals surface area contributed by atoms with Gasteiger partial charge in [0.25, 0.3) is 0 Å². The normalized spacial score (nSPS) is 11.1. The third-order valence-corrected chi connectivity index (χ3v) is 5.16. The fourth-order valence-electron chi connectivity index (χ4n) is 3.74. The molecule has 4 aromatic rings. The number of guanidine groups is 1. The number of nitrogens with one attached hydrogen (secondary N) is 3. The molecule has 0 atom stereocenters. The molecule has 0 bridgehead atoms. The van der Waals surface area contributed by atoms with Crippen LogP contribution in [-0.2, 0) is 6.61 Å². The standard InChI is InChI=1S/C26H21N3O.ClH/c27-26(29-24-15-14-20-13-12-19-8-4-11-23(24)25(19)20)28-21-9-5-10-22(16-21)30-17-18-6-2-1-3-7-18;/h1-16H,17H2,(H3,27,28,29);1H. The molecule has 0 saturated carbocycles. The maximum absolute atomic E-state index is 8.39. The number of hydrogen-bond donors (Lipinski definition) is 3.